The van der Waals surface area contributed by atoms with Crippen molar-refractivity contribution in [2.24, 2.45) is 0 Å². The van der Waals surface area contributed by atoms with Crippen LogP contribution in [0.3, 0.4) is 0 Å². The quantitative estimate of drug-likeness (QED) is 0.0260. The predicted octanol–water partition coefficient (Wildman–Crippen LogP) is 8.87. The normalized spacial score (nSPS) is 13.5. The van der Waals surface area contributed by atoms with Gasteiger partial charge in [0, 0.05) is 78.3 Å². The SMILES string of the molecule is C=CCCCCCCC(O)CN(CCNC(=O)CCN(CCC)CCC(=O)NCCN(CC(O)CCCCCCC=C)CC(O)CCCCCCC=C)CC(O)CCCCCCC=C. The second-order valence-electron chi connectivity index (χ2n) is 18.3. The third-order valence-corrected chi connectivity index (χ3v) is 12.0. The van der Waals surface area contributed by atoms with Crippen LogP contribution in [-0.2, 0) is 9.59 Å². The van der Waals surface area contributed by atoms with Crippen molar-refractivity contribution in [1.29, 1.82) is 0 Å². The Labute approximate surface area is 393 Å². The molecule has 4 atom stereocenters. The molecule has 0 spiro atoms. The molecular formula is C53H101N5O6. The second kappa shape index (κ2) is 45.8. The molecular weight excluding hydrogens is 803 g/mol. The molecule has 0 heterocycles. The highest BCUT2D eigenvalue weighted by molar-refractivity contribution is 5.76. The van der Waals surface area contributed by atoms with Crippen molar-refractivity contribution in [3.63, 3.8) is 0 Å². The van der Waals surface area contributed by atoms with E-state index in [2.05, 4.69) is 58.6 Å². The first-order valence-corrected chi connectivity index (χ1v) is 25.9. The Balaban J connectivity index is 4.96. The van der Waals surface area contributed by atoms with Gasteiger partial charge in [0.05, 0.1) is 24.4 Å². The molecule has 11 heteroatoms. The fraction of sp³-hybridized carbons (Fsp3) is 0.811. The highest BCUT2D eigenvalue weighted by Crippen LogP contribution is 2.14. The Kier molecular flexibility index (Phi) is 44.1. The molecule has 11 nitrogen and oxygen atoms in total. The van der Waals surface area contributed by atoms with E-state index in [0.29, 0.717) is 78.3 Å². The van der Waals surface area contributed by atoms with E-state index in [9.17, 15) is 30.0 Å². The lowest BCUT2D eigenvalue weighted by atomic mass is 10.1. The summed E-state index contributed by atoms with van der Waals surface area (Å²) in [4.78, 5) is 32.4. The van der Waals surface area contributed by atoms with Gasteiger partial charge in [-0.15, -0.1) is 26.3 Å². The number of hydrogen-bond acceptors (Lipinski definition) is 9. The van der Waals surface area contributed by atoms with Crippen LogP contribution in [0.15, 0.2) is 50.6 Å². The minimum Gasteiger partial charge on any atom is -0.392 e. The maximum atomic E-state index is 13.0. The lowest BCUT2D eigenvalue weighted by Crippen LogP contribution is -2.43. The van der Waals surface area contributed by atoms with Gasteiger partial charge in [-0.2, -0.15) is 0 Å². The van der Waals surface area contributed by atoms with Crippen molar-refractivity contribution >= 4 is 11.8 Å². The van der Waals surface area contributed by atoms with Gasteiger partial charge in [0.15, 0.2) is 0 Å². The number of carbonyl (C=O) groups is 2. The van der Waals surface area contributed by atoms with E-state index in [0.717, 1.165) is 167 Å². The molecule has 0 radical (unpaired) electrons. The van der Waals surface area contributed by atoms with Crippen LogP contribution in [-0.4, -0.2) is 143 Å². The fourth-order valence-corrected chi connectivity index (χ4v) is 8.21. The van der Waals surface area contributed by atoms with Gasteiger partial charge < -0.3 is 36.0 Å². The van der Waals surface area contributed by atoms with Crippen LogP contribution in [0.4, 0.5) is 0 Å². The molecule has 374 valence electrons. The summed E-state index contributed by atoms with van der Waals surface area (Å²) < 4.78 is 0. The number of amides is 2. The zero-order chi connectivity index (χ0) is 47.3. The number of carbonyl (C=O) groups excluding carboxylic acids is 2. The van der Waals surface area contributed by atoms with Crippen molar-refractivity contribution in [3.8, 4) is 0 Å². The summed E-state index contributed by atoms with van der Waals surface area (Å²) in [6, 6.07) is 0. The maximum Gasteiger partial charge on any atom is 0.221 e. The molecule has 0 aromatic carbocycles. The number of hydrogen-bond donors (Lipinski definition) is 6. The Bertz CT molecular complexity index is 989. The number of nitrogens with one attached hydrogen (secondary N) is 2. The molecule has 0 rings (SSSR count). The van der Waals surface area contributed by atoms with E-state index < -0.39 is 24.4 Å². The van der Waals surface area contributed by atoms with Crippen LogP contribution >= 0.6 is 0 Å². The molecule has 2 amide bonds. The number of unbranched alkanes of at least 4 members (excludes halogenated alkanes) is 16. The van der Waals surface area contributed by atoms with E-state index >= 15 is 0 Å². The first kappa shape index (κ1) is 61.6. The summed E-state index contributed by atoms with van der Waals surface area (Å²) in [7, 11) is 0. The van der Waals surface area contributed by atoms with E-state index in [1.54, 1.807) is 0 Å². The molecule has 4 unspecified atom stereocenters. The van der Waals surface area contributed by atoms with Crippen molar-refractivity contribution in [2.45, 2.75) is 205 Å². The van der Waals surface area contributed by atoms with Crippen molar-refractivity contribution in [3.05, 3.63) is 50.6 Å². The number of allylic oxidation sites excluding steroid dienone is 4. The van der Waals surface area contributed by atoms with Gasteiger partial charge in [0.1, 0.15) is 0 Å². The minimum absolute atomic E-state index is 0.0458. The average molecular weight is 904 g/mol. The molecule has 0 saturated carbocycles. The average Bonchev–Trinajstić information content (AvgIpc) is 3.26. The summed E-state index contributed by atoms with van der Waals surface area (Å²) >= 11 is 0. The van der Waals surface area contributed by atoms with Crippen LogP contribution in [0.2, 0.25) is 0 Å². The summed E-state index contributed by atoms with van der Waals surface area (Å²) in [5, 5.41) is 49.6. The van der Waals surface area contributed by atoms with Crippen LogP contribution in [0, 0.1) is 0 Å². The summed E-state index contributed by atoms with van der Waals surface area (Å²) in [5.41, 5.74) is 0. The number of nitrogens with zero attached hydrogens (tertiary/aromatic N) is 3. The Morgan fingerprint density at radius 2 is 0.703 bits per heavy atom. The highest BCUT2D eigenvalue weighted by atomic mass is 16.3. The number of rotatable bonds is 50. The Morgan fingerprint density at radius 1 is 0.422 bits per heavy atom. The third-order valence-electron chi connectivity index (χ3n) is 12.0. The predicted molar refractivity (Wildman–Crippen MR) is 270 cm³/mol. The smallest absolute Gasteiger partial charge is 0.221 e. The van der Waals surface area contributed by atoms with E-state index in [1.807, 2.05) is 24.3 Å². The van der Waals surface area contributed by atoms with Gasteiger partial charge in [0.2, 0.25) is 11.8 Å². The fourth-order valence-electron chi connectivity index (χ4n) is 8.21. The summed E-state index contributed by atoms with van der Waals surface area (Å²) in [6.07, 6.45) is 31.7. The molecule has 0 aliphatic heterocycles. The number of aliphatic hydroxyl groups is 4. The van der Waals surface area contributed by atoms with E-state index in [1.165, 1.54) is 0 Å². The molecule has 0 aliphatic rings. The summed E-state index contributed by atoms with van der Waals surface area (Å²) in [6.45, 7) is 23.0. The molecule has 0 fully saturated rings. The van der Waals surface area contributed by atoms with Crippen molar-refractivity contribution in [2.75, 3.05) is 72.0 Å². The molecule has 6 N–H and O–H groups in total. The highest BCUT2D eigenvalue weighted by Gasteiger charge is 2.19. The second-order valence-corrected chi connectivity index (χ2v) is 18.3. The first-order chi connectivity index (χ1) is 31.1. The molecule has 0 aliphatic carbocycles. The third kappa shape index (κ3) is 41.1. The molecule has 0 saturated heterocycles. The van der Waals surface area contributed by atoms with Crippen molar-refractivity contribution < 1.29 is 30.0 Å². The van der Waals surface area contributed by atoms with Crippen LogP contribution < -0.4 is 10.6 Å². The standard InChI is InChI=1S/C53H101N5O6/c1-6-11-15-19-23-27-31-48(59)44-57(45-49(60)32-28-24-20-16-12-7-2)42-37-54-52(63)35-40-56(39-10-5)41-36-53(64)55-38-43-58(46-50(61)33-29-25-21-17-13-8-3)47-51(62)34-30-26-22-18-14-9-4/h6-9,48-51,59-62H,1-4,10-47H2,5H3,(H,54,63)(H,55,64). The number of aliphatic hydroxyl groups excluding tert-OH is 4. The topological polar surface area (TPSA) is 149 Å². The zero-order valence-corrected chi connectivity index (χ0v) is 41.3. The van der Waals surface area contributed by atoms with Crippen LogP contribution in [0.1, 0.15) is 180 Å². The maximum absolute atomic E-state index is 13.0. The van der Waals surface area contributed by atoms with E-state index in [-0.39, 0.29) is 11.8 Å². The molecule has 0 aromatic heterocycles. The monoisotopic (exact) mass is 904 g/mol. The molecule has 64 heavy (non-hydrogen) atoms. The summed E-state index contributed by atoms with van der Waals surface area (Å²) in [5.74, 6) is -0.0917. The zero-order valence-electron chi connectivity index (χ0n) is 41.3. The van der Waals surface area contributed by atoms with Crippen LogP contribution in [0.25, 0.3) is 0 Å². The largest absolute Gasteiger partial charge is 0.392 e. The lowest BCUT2D eigenvalue weighted by molar-refractivity contribution is -0.121. The Hall–Kier alpha value is -2.38. The molecule has 0 bridgehead atoms. The van der Waals surface area contributed by atoms with Crippen molar-refractivity contribution in [1.82, 2.24) is 25.3 Å². The van der Waals surface area contributed by atoms with E-state index in [4.69, 9.17) is 0 Å². The van der Waals surface area contributed by atoms with Gasteiger partial charge in [-0.1, -0.05) is 108 Å². The van der Waals surface area contributed by atoms with Gasteiger partial charge in [-0.25, -0.2) is 0 Å². The lowest BCUT2D eigenvalue weighted by Gasteiger charge is -2.28. The van der Waals surface area contributed by atoms with Gasteiger partial charge in [0.25, 0.3) is 0 Å². The van der Waals surface area contributed by atoms with Crippen LogP contribution in [0.5, 0.6) is 0 Å². The molecule has 0 aromatic rings. The first-order valence-electron chi connectivity index (χ1n) is 25.9. The van der Waals surface area contributed by atoms with Gasteiger partial charge in [-0.3, -0.25) is 19.4 Å². The minimum atomic E-state index is -0.476. The van der Waals surface area contributed by atoms with Gasteiger partial charge >= 0.3 is 0 Å². The Morgan fingerprint density at radius 3 is 0.969 bits per heavy atom. The van der Waals surface area contributed by atoms with Gasteiger partial charge in [-0.05, 0) is 90.0 Å².